The number of allylic oxidation sites excluding steroid dienone is 1. The maximum Gasteiger partial charge on any atom is 0.147 e. The topological polar surface area (TPSA) is 0 Å². The fraction of sp³-hybridized carbons (Fsp3) is 0.600. The van der Waals surface area contributed by atoms with Crippen LogP contribution in [0.25, 0.3) is 0 Å². The molecule has 0 spiro atoms. The minimum Gasteiger partial charge on any atom is -0.123 e. The molecule has 0 radical (unpaired) electrons. The third-order valence-corrected chi connectivity index (χ3v) is 1.16. The molecule has 1 aliphatic rings. The first-order valence-corrected chi connectivity index (χ1v) is 2.65. The summed E-state index contributed by atoms with van der Waals surface area (Å²) in [5.41, 5.74) is 0. The van der Waals surface area contributed by atoms with Crippen molar-refractivity contribution in [1.29, 1.82) is 0 Å². The van der Waals surface area contributed by atoms with Crippen LogP contribution in [0.5, 0.6) is 0 Å². The van der Waals surface area contributed by atoms with Crippen molar-refractivity contribution in [3.63, 3.8) is 0 Å². The summed E-state index contributed by atoms with van der Waals surface area (Å²) in [7, 11) is 1.32. The second kappa shape index (κ2) is 2.06. The summed E-state index contributed by atoms with van der Waals surface area (Å²) in [5, 5.41) is 0. The van der Waals surface area contributed by atoms with Crippen LogP contribution < -0.4 is 0 Å². The summed E-state index contributed by atoms with van der Waals surface area (Å²) in [5.74, 6) is 2.27. The Balaban J connectivity index is 2.26. The summed E-state index contributed by atoms with van der Waals surface area (Å²) in [6.07, 6.45) is 6.41. The highest BCUT2D eigenvalue weighted by Crippen LogP contribution is 2.01. The largest absolute Gasteiger partial charge is 0.147 e. The lowest BCUT2D eigenvalue weighted by atomic mass is 9.70. The summed E-state index contributed by atoms with van der Waals surface area (Å²) in [6, 6.07) is 0. The molecule has 0 amide bonds. The van der Waals surface area contributed by atoms with Gasteiger partial charge >= 0.3 is 0 Å². The Morgan fingerprint density at radius 1 is 1.50 bits per heavy atom. The lowest BCUT2D eigenvalue weighted by molar-refractivity contribution is 0.940. The van der Waals surface area contributed by atoms with Gasteiger partial charge in [0.1, 0.15) is 7.28 Å². The smallest absolute Gasteiger partial charge is 0.123 e. The average Bonchev–Trinajstić information content (AvgIpc) is 1.72. The second-order valence-electron chi connectivity index (χ2n) is 1.76. The van der Waals surface area contributed by atoms with Crippen LogP contribution in [0.2, 0.25) is 6.32 Å². The zero-order chi connectivity index (χ0) is 4.24. The fourth-order valence-corrected chi connectivity index (χ4v) is 0.760. The van der Waals surface area contributed by atoms with Gasteiger partial charge in [-0.2, -0.15) is 0 Å². The van der Waals surface area contributed by atoms with Gasteiger partial charge in [-0.05, 0) is 6.42 Å². The molecule has 1 heterocycles. The first-order valence-electron chi connectivity index (χ1n) is 2.65. The summed E-state index contributed by atoms with van der Waals surface area (Å²) in [4.78, 5) is 0. The molecule has 0 bridgehead atoms. The van der Waals surface area contributed by atoms with Crippen LogP contribution in [0.1, 0.15) is 12.8 Å². The zero-order valence-corrected chi connectivity index (χ0v) is 3.98. The van der Waals surface area contributed by atoms with E-state index in [1.54, 1.807) is 0 Å². The molecular weight excluding hydrogens is 70.9 g/mol. The molecule has 32 valence electrons. The van der Waals surface area contributed by atoms with E-state index in [4.69, 9.17) is 0 Å². The van der Waals surface area contributed by atoms with Gasteiger partial charge in [0.05, 0.1) is 0 Å². The molecular formula is C5H9B. The number of hydrogen-bond acceptors (Lipinski definition) is 0. The summed E-state index contributed by atoms with van der Waals surface area (Å²) >= 11 is 0. The van der Waals surface area contributed by atoms with Gasteiger partial charge in [-0.15, -0.1) is 5.98 Å². The third kappa shape index (κ3) is 0.888. The maximum atomic E-state index is 2.27. The number of hydrogen-bond donors (Lipinski definition) is 0. The van der Waals surface area contributed by atoms with Crippen molar-refractivity contribution in [2.75, 3.05) is 0 Å². The standard InChI is InChI=1S/C5H9B/c1-2-4-6-5-3-1/h2,4,6H,1,3,5H2. The molecule has 0 unspecified atom stereocenters. The number of rotatable bonds is 0. The van der Waals surface area contributed by atoms with Crippen LogP contribution in [0.3, 0.4) is 0 Å². The molecule has 0 atom stereocenters. The minimum absolute atomic E-state index is 1.32. The maximum absolute atomic E-state index is 2.27. The van der Waals surface area contributed by atoms with E-state index in [2.05, 4.69) is 12.1 Å². The lowest BCUT2D eigenvalue weighted by Crippen LogP contribution is -1.88. The van der Waals surface area contributed by atoms with Gasteiger partial charge in [-0.25, -0.2) is 0 Å². The third-order valence-electron chi connectivity index (χ3n) is 1.16. The SMILES string of the molecule is B1C=CCCC1. The molecule has 0 saturated carbocycles. The Bertz CT molecular complexity index is 49.0. The van der Waals surface area contributed by atoms with Crippen LogP contribution in [-0.4, -0.2) is 7.28 Å². The van der Waals surface area contributed by atoms with Gasteiger partial charge in [0.25, 0.3) is 0 Å². The Hall–Kier alpha value is -0.195. The summed E-state index contributed by atoms with van der Waals surface area (Å²) in [6.45, 7) is 0. The quantitative estimate of drug-likeness (QED) is 0.383. The molecule has 0 aromatic carbocycles. The molecule has 0 N–H and O–H groups in total. The van der Waals surface area contributed by atoms with Crippen molar-refractivity contribution in [3.8, 4) is 0 Å². The van der Waals surface area contributed by atoms with Crippen LogP contribution >= 0.6 is 0 Å². The van der Waals surface area contributed by atoms with Crippen molar-refractivity contribution < 1.29 is 0 Å². The molecule has 6 heavy (non-hydrogen) atoms. The highest BCUT2D eigenvalue weighted by Gasteiger charge is 1.89. The van der Waals surface area contributed by atoms with E-state index in [-0.39, 0.29) is 0 Å². The second-order valence-corrected chi connectivity index (χ2v) is 1.76. The van der Waals surface area contributed by atoms with E-state index in [9.17, 15) is 0 Å². The zero-order valence-electron chi connectivity index (χ0n) is 3.98. The van der Waals surface area contributed by atoms with Gasteiger partial charge in [0, 0.05) is 0 Å². The van der Waals surface area contributed by atoms with Crippen LogP contribution in [-0.2, 0) is 0 Å². The molecule has 0 fully saturated rings. The van der Waals surface area contributed by atoms with E-state index >= 15 is 0 Å². The van der Waals surface area contributed by atoms with Crippen molar-refractivity contribution >= 4 is 7.28 Å². The van der Waals surface area contributed by atoms with E-state index in [0.717, 1.165) is 0 Å². The minimum atomic E-state index is 1.32. The van der Waals surface area contributed by atoms with Gasteiger partial charge in [-0.1, -0.05) is 18.8 Å². The predicted molar refractivity (Wildman–Crippen MR) is 30.3 cm³/mol. The highest BCUT2D eigenvalue weighted by molar-refractivity contribution is 6.42. The molecule has 0 nitrogen and oxygen atoms in total. The monoisotopic (exact) mass is 80.1 g/mol. The van der Waals surface area contributed by atoms with Crippen molar-refractivity contribution in [2.45, 2.75) is 19.2 Å². The highest BCUT2D eigenvalue weighted by atomic mass is 13.8. The normalized spacial score (nSPS) is 20.0. The van der Waals surface area contributed by atoms with Crippen molar-refractivity contribution in [3.05, 3.63) is 12.1 Å². The predicted octanol–water partition coefficient (Wildman–Crippen LogP) is 1.15. The first-order chi connectivity index (χ1) is 3.00. The fourth-order valence-electron chi connectivity index (χ4n) is 0.760. The molecule has 0 aromatic rings. The average molecular weight is 79.9 g/mol. The molecule has 1 heteroatoms. The Morgan fingerprint density at radius 3 is 2.67 bits per heavy atom. The van der Waals surface area contributed by atoms with Crippen LogP contribution in [0, 0.1) is 0 Å². The van der Waals surface area contributed by atoms with Crippen molar-refractivity contribution in [2.24, 2.45) is 0 Å². The van der Waals surface area contributed by atoms with Gasteiger partial charge < -0.3 is 0 Å². The van der Waals surface area contributed by atoms with E-state index < -0.39 is 0 Å². The van der Waals surface area contributed by atoms with Crippen molar-refractivity contribution in [1.82, 2.24) is 0 Å². The molecule has 1 aliphatic heterocycles. The van der Waals surface area contributed by atoms with E-state index in [1.807, 2.05) is 0 Å². The van der Waals surface area contributed by atoms with Crippen LogP contribution in [0.4, 0.5) is 0 Å². The molecule has 0 aliphatic carbocycles. The van der Waals surface area contributed by atoms with E-state index in [0.29, 0.717) is 0 Å². The lowest BCUT2D eigenvalue weighted by Gasteiger charge is -1.95. The Kier molecular flexibility index (Phi) is 1.37. The summed E-state index contributed by atoms with van der Waals surface area (Å²) < 4.78 is 0. The molecule has 0 aromatic heterocycles. The van der Waals surface area contributed by atoms with Gasteiger partial charge in [0.15, 0.2) is 0 Å². The molecule has 1 rings (SSSR count). The Morgan fingerprint density at radius 2 is 2.50 bits per heavy atom. The van der Waals surface area contributed by atoms with Gasteiger partial charge in [-0.3, -0.25) is 0 Å². The van der Waals surface area contributed by atoms with Crippen LogP contribution in [0.15, 0.2) is 12.1 Å². The first kappa shape index (κ1) is 3.98. The van der Waals surface area contributed by atoms with E-state index in [1.165, 1.54) is 26.4 Å². The van der Waals surface area contributed by atoms with Gasteiger partial charge in [0.2, 0.25) is 0 Å². The molecule has 0 saturated heterocycles. The Labute approximate surface area is 39.5 Å².